The van der Waals surface area contributed by atoms with Crippen LogP contribution in [0.15, 0.2) is 54.1 Å². The van der Waals surface area contributed by atoms with Crippen molar-refractivity contribution in [3.63, 3.8) is 0 Å². The monoisotopic (exact) mass is 652 g/mol. The SMILES string of the molecule is C=CC(=O)Nc1cc(Nc2ncc(Cl)c(NC/C(=C\C=C(\P)CC)N(C)S(C)(=O)=O)n2)c(OC)cc1N(C)CCN(C)C. The third-order valence-corrected chi connectivity index (χ3v) is 8.39. The predicted molar refractivity (Wildman–Crippen MR) is 181 cm³/mol. The van der Waals surface area contributed by atoms with Crippen molar-refractivity contribution in [2.75, 3.05) is 82.0 Å². The summed E-state index contributed by atoms with van der Waals surface area (Å²) in [6, 6.07) is 3.54. The number of methoxy groups -OCH3 is 1. The summed E-state index contributed by atoms with van der Waals surface area (Å²) in [6.07, 6.45) is 8.13. The number of ether oxygens (including phenoxy) is 1. The maximum absolute atomic E-state index is 12.3. The summed E-state index contributed by atoms with van der Waals surface area (Å²) in [6.45, 7) is 7.17. The number of benzene rings is 1. The standard InChI is InChI=1S/C28H42ClN8O4PS/c1-9-20(42)12-11-19(37(6)43(8,39)40)17-30-27-21(29)18-31-28(34-27)33-23-15-22(32-26(38)10-2)24(16-25(23)41-7)36(5)14-13-35(3)4/h10-12,15-16,18H,2,9,13-14,17,42H2,1,3-8H3,(H,32,38)(H2,30,31,33,34)/b19-11+,20-12+. The molecule has 1 atom stereocenters. The van der Waals surface area contributed by atoms with Crippen molar-refractivity contribution in [2.24, 2.45) is 0 Å². The molecule has 12 nitrogen and oxygen atoms in total. The number of rotatable bonds is 16. The van der Waals surface area contributed by atoms with Crippen molar-refractivity contribution in [3.8, 4) is 5.75 Å². The lowest BCUT2D eigenvalue weighted by Crippen LogP contribution is -2.29. The van der Waals surface area contributed by atoms with Gasteiger partial charge in [-0.3, -0.25) is 9.10 Å². The third-order valence-electron chi connectivity index (χ3n) is 6.28. The number of likely N-dealkylation sites (N-methyl/N-ethyl adjacent to an activating group) is 3. The van der Waals surface area contributed by atoms with E-state index in [0.717, 1.165) is 30.2 Å². The number of anilines is 5. The molecule has 0 aliphatic rings. The van der Waals surface area contributed by atoms with Gasteiger partial charge in [-0.15, -0.1) is 9.24 Å². The largest absolute Gasteiger partial charge is 0.494 e. The molecule has 0 saturated carbocycles. The molecule has 1 aromatic carbocycles. The van der Waals surface area contributed by atoms with Gasteiger partial charge < -0.3 is 30.5 Å². The number of hydrogen-bond donors (Lipinski definition) is 3. The molecule has 1 unspecified atom stereocenters. The molecular weight excluding hydrogens is 611 g/mol. The van der Waals surface area contributed by atoms with Crippen LogP contribution < -0.4 is 25.6 Å². The van der Waals surface area contributed by atoms with Gasteiger partial charge in [0.1, 0.15) is 10.8 Å². The number of nitrogens with zero attached hydrogens (tertiary/aromatic N) is 5. The first kappa shape index (κ1) is 35.8. The Morgan fingerprint density at radius 2 is 1.86 bits per heavy atom. The minimum Gasteiger partial charge on any atom is -0.494 e. The molecule has 0 aliphatic carbocycles. The van der Waals surface area contributed by atoms with Crippen molar-refractivity contribution in [1.29, 1.82) is 0 Å². The van der Waals surface area contributed by atoms with Gasteiger partial charge in [0, 0.05) is 38.9 Å². The van der Waals surface area contributed by atoms with E-state index >= 15 is 0 Å². The van der Waals surface area contributed by atoms with E-state index < -0.39 is 10.0 Å². The van der Waals surface area contributed by atoms with E-state index in [2.05, 4.69) is 46.6 Å². The van der Waals surface area contributed by atoms with Crippen LogP contribution in [-0.4, -0.2) is 94.7 Å². The van der Waals surface area contributed by atoms with E-state index in [4.69, 9.17) is 16.3 Å². The fourth-order valence-corrected chi connectivity index (χ4v) is 4.37. The van der Waals surface area contributed by atoms with E-state index in [1.807, 2.05) is 45.1 Å². The molecule has 0 fully saturated rings. The van der Waals surface area contributed by atoms with Crippen molar-refractivity contribution in [1.82, 2.24) is 19.2 Å². The van der Waals surface area contributed by atoms with Crippen molar-refractivity contribution in [2.45, 2.75) is 13.3 Å². The zero-order valence-electron chi connectivity index (χ0n) is 25.7. The van der Waals surface area contributed by atoms with E-state index in [1.54, 1.807) is 19.3 Å². The molecule has 236 valence electrons. The van der Waals surface area contributed by atoms with E-state index in [0.29, 0.717) is 29.4 Å². The van der Waals surface area contributed by atoms with Gasteiger partial charge >= 0.3 is 0 Å². The summed E-state index contributed by atoms with van der Waals surface area (Å²) < 4.78 is 31.4. The highest BCUT2D eigenvalue weighted by molar-refractivity contribution is 7.88. The van der Waals surface area contributed by atoms with E-state index in [-0.39, 0.29) is 29.2 Å². The summed E-state index contributed by atoms with van der Waals surface area (Å²) >= 11 is 6.39. The number of carbonyl (C=O) groups is 1. The maximum Gasteiger partial charge on any atom is 0.247 e. The van der Waals surface area contributed by atoms with Crippen molar-refractivity contribution >= 4 is 65.6 Å². The second-order valence-electron chi connectivity index (χ2n) is 9.84. The first-order valence-electron chi connectivity index (χ1n) is 13.3. The molecule has 0 radical (unpaired) electrons. The van der Waals surface area contributed by atoms with Gasteiger partial charge in [0.05, 0.1) is 43.2 Å². The average molecular weight is 653 g/mol. The zero-order chi connectivity index (χ0) is 32.3. The fourth-order valence-electron chi connectivity index (χ4n) is 3.56. The van der Waals surface area contributed by atoms with Crippen LogP contribution in [0.3, 0.4) is 0 Å². The molecule has 1 amide bonds. The highest BCUT2D eigenvalue weighted by Gasteiger charge is 2.18. The van der Waals surface area contributed by atoms with E-state index in [9.17, 15) is 13.2 Å². The van der Waals surface area contributed by atoms with Crippen LogP contribution >= 0.6 is 20.8 Å². The molecule has 2 aromatic rings. The lowest BCUT2D eigenvalue weighted by molar-refractivity contribution is -0.111. The number of sulfonamides is 1. The van der Waals surface area contributed by atoms with Gasteiger partial charge in [-0.05, 0) is 38.7 Å². The summed E-state index contributed by atoms with van der Waals surface area (Å²) in [4.78, 5) is 25.1. The molecule has 15 heteroatoms. The van der Waals surface area contributed by atoms with Gasteiger partial charge in [-0.25, -0.2) is 13.4 Å². The molecule has 0 aliphatic heterocycles. The van der Waals surface area contributed by atoms with Gasteiger partial charge in [0.25, 0.3) is 0 Å². The van der Waals surface area contributed by atoms with Crippen LogP contribution in [-0.2, 0) is 14.8 Å². The summed E-state index contributed by atoms with van der Waals surface area (Å²) in [7, 11) is 8.05. The number of aromatic nitrogens is 2. The first-order chi connectivity index (χ1) is 20.2. The van der Waals surface area contributed by atoms with Crippen LogP contribution in [0, 0.1) is 0 Å². The van der Waals surface area contributed by atoms with Crippen LogP contribution in [0.5, 0.6) is 5.75 Å². The third kappa shape index (κ3) is 11.0. The summed E-state index contributed by atoms with van der Waals surface area (Å²) in [5.74, 6) is 0.613. The molecule has 0 bridgehead atoms. The highest BCUT2D eigenvalue weighted by Crippen LogP contribution is 2.38. The van der Waals surface area contributed by atoms with Crippen LogP contribution in [0.2, 0.25) is 5.02 Å². The van der Waals surface area contributed by atoms with Crippen LogP contribution in [0.4, 0.5) is 28.8 Å². The Bertz CT molecular complexity index is 1470. The van der Waals surface area contributed by atoms with Gasteiger partial charge in [-0.1, -0.05) is 36.5 Å². The van der Waals surface area contributed by atoms with E-state index in [1.165, 1.54) is 23.6 Å². The Morgan fingerprint density at radius 1 is 1.16 bits per heavy atom. The second kappa shape index (κ2) is 16.5. The predicted octanol–water partition coefficient (Wildman–Crippen LogP) is 4.36. The number of hydrogen-bond acceptors (Lipinski definition) is 10. The maximum atomic E-state index is 12.3. The molecule has 1 heterocycles. The smallest absolute Gasteiger partial charge is 0.247 e. The minimum absolute atomic E-state index is 0.118. The van der Waals surface area contributed by atoms with Gasteiger partial charge in [0.15, 0.2) is 5.82 Å². The Morgan fingerprint density at radius 3 is 2.44 bits per heavy atom. The normalized spacial score (nSPS) is 12.1. The molecule has 0 saturated heterocycles. The molecule has 3 N–H and O–H groups in total. The van der Waals surface area contributed by atoms with Crippen molar-refractivity contribution < 1.29 is 17.9 Å². The summed E-state index contributed by atoms with van der Waals surface area (Å²) in [5.41, 5.74) is 2.26. The Hall–Kier alpha value is -3.38. The second-order valence-corrected chi connectivity index (χ2v) is 13.0. The first-order valence-corrected chi connectivity index (χ1v) is 16.1. The highest BCUT2D eigenvalue weighted by atomic mass is 35.5. The lowest BCUT2D eigenvalue weighted by atomic mass is 10.2. The number of carbonyl (C=O) groups excluding carboxylic acids is 1. The molecule has 0 spiro atoms. The fraction of sp³-hybridized carbons (Fsp3) is 0.393. The number of allylic oxidation sites excluding steroid dienone is 3. The topological polar surface area (TPSA) is 132 Å². The lowest BCUT2D eigenvalue weighted by Gasteiger charge is -2.26. The van der Waals surface area contributed by atoms with Crippen LogP contribution in [0.1, 0.15) is 13.3 Å². The number of amides is 1. The Kier molecular flexibility index (Phi) is 13.7. The number of nitrogens with one attached hydrogen (secondary N) is 3. The zero-order valence-corrected chi connectivity index (χ0v) is 28.5. The molecule has 1 aromatic heterocycles. The Balaban J connectivity index is 2.44. The molecular formula is C28H42ClN8O4PS. The minimum atomic E-state index is -3.51. The average Bonchev–Trinajstić information content (AvgIpc) is 2.96. The Labute approximate surface area is 262 Å². The summed E-state index contributed by atoms with van der Waals surface area (Å²) in [5, 5.41) is 10.4. The van der Waals surface area contributed by atoms with Gasteiger partial charge in [0.2, 0.25) is 21.9 Å². The molecule has 43 heavy (non-hydrogen) atoms. The number of halogens is 1. The van der Waals surface area contributed by atoms with Crippen molar-refractivity contribution in [3.05, 3.63) is 59.2 Å². The quantitative estimate of drug-likeness (QED) is 0.137. The van der Waals surface area contributed by atoms with Gasteiger partial charge in [-0.2, -0.15) is 4.98 Å². The van der Waals surface area contributed by atoms with Crippen LogP contribution in [0.25, 0.3) is 0 Å². The molecule has 2 rings (SSSR count).